The van der Waals surface area contributed by atoms with Crippen molar-refractivity contribution >= 4 is 0 Å². The smallest absolute Gasteiger partial charge is 0.126 e. The Hall–Kier alpha value is -1.09. The average molecular weight is 237 g/mol. The molecule has 0 radical (unpaired) electrons. The first-order chi connectivity index (χ1) is 8.12. The second-order valence-electron chi connectivity index (χ2n) is 4.85. The first-order valence-corrected chi connectivity index (χ1v) is 6.30. The number of halogens is 1. The van der Waals surface area contributed by atoms with Crippen molar-refractivity contribution in [2.24, 2.45) is 11.1 Å². The Bertz CT molecular complexity index is 390. The predicted octanol–water partition coefficient (Wildman–Crippen LogP) is 3.11. The molecule has 3 heteroatoms. The van der Waals surface area contributed by atoms with Gasteiger partial charge in [0.25, 0.3) is 0 Å². The van der Waals surface area contributed by atoms with E-state index in [1.807, 2.05) is 0 Å². The molecule has 2 unspecified atom stereocenters. The number of benzene rings is 1. The lowest BCUT2D eigenvalue weighted by atomic mass is 9.59. The van der Waals surface area contributed by atoms with E-state index in [0.717, 1.165) is 19.3 Å². The molecule has 2 rings (SSSR count). The van der Waals surface area contributed by atoms with Crippen molar-refractivity contribution < 1.29 is 9.13 Å². The van der Waals surface area contributed by atoms with Crippen LogP contribution in [0.2, 0.25) is 0 Å². The van der Waals surface area contributed by atoms with Gasteiger partial charge in [-0.2, -0.15) is 0 Å². The zero-order valence-corrected chi connectivity index (χ0v) is 10.4. The van der Waals surface area contributed by atoms with E-state index in [2.05, 4.69) is 13.8 Å². The Balaban J connectivity index is 2.10. The molecule has 1 aromatic carbocycles. The number of nitrogens with two attached hydrogens (primary N) is 1. The van der Waals surface area contributed by atoms with E-state index in [4.69, 9.17) is 10.5 Å². The Morgan fingerprint density at radius 2 is 2.12 bits per heavy atom. The van der Waals surface area contributed by atoms with Crippen molar-refractivity contribution in [1.29, 1.82) is 0 Å². The largest absolute Gasteiger partial charge is 0.490 e. The second kappa shape index (κ2) is 4.65. The van der Waals surface area contributed by atoms with Crippen molar-refractivity contribution in [2.75, 3.05) is 0 Å². The number of ether oxygens (including phenoxy) is 1. The maximum atomic E-state index is 13.1. The molecule has 2 atom stereocenters. The van der Waals surface area contributed by atoms with Gasteiger partial charge in [0.05, 0.1) is 0 Å². The van der Waals surface area contributed by atoms with Crippen LogP contribution in [0.15, 0.2) is 24.3 Å². The summed E-state index contributed by atoms with van der Waals surface area (Å²) in [7, 11) is 0. The van der Waals surface area contributed by atoms with Crippen LogP contribution in [0, 0.1) is 11.2 Å². The summed E-state index contributed by atoms with van der Waals surface area (Å²) in [5, 5.41) is 0. The molecule has 1 aliphatic rings. The molecule has 1 fully saturated rings. The van der Waals surface area contributed by atoms with Crippen molar-refractivity contribution in [2.45, 2.75) is 45.3 Å². The molecule has 0 aliphatic heterocycles. The molecule has 2 N–H and O–H groups in total. The van der Waals surface area contributed by atoms with Gasteiger partial charge in [-0.05, 0) is 25.0 Å². The Morgan fingerprint density at radius 3 is 2.65 bits per heavy atom. The van der Waals surface area contributed by atoms with Crippen molar-refractivity contribution in [3.63, 3.8) is 0 Å². The van der Waals surface area contributed by atoms with Gasteiger partial charge in [-0.25, -0.2) is 4.39 Å². The summed E-state index contributed by atoms with van der Waals surface area (Å²) in [6, 6.07) is 6.52. The fraction of sp³-hybridized carbons (Fsp3) is 0.571. The maximum absolute atomic E-state index is 13.1. The van der Waals surface area contributed by atoms with E-state index in [-0.39, 0.29) is 23.4 Å². The van der Waals surface area contributed by atoms with Crippen LogP contribution in [0.1, 0.15) is 33.1 Å². The molecule has 2 nitrogen and oxygen atoms in total. The van der Waals surface area contributed by atoms with Gasteiger partial charge in [-0.3, -0.25) is 0 Å². The van der Waals surface area contributed by atoms with E-state index >= 15 is 0 Å². The van der Waals surface area contributed by atoms with Crippen LogP contribution < -0.4 is 10.5 Å². The van der Waals surface area contributed by atoms with E-state index in [0.29, 0.717) is 5.75 Å². The quantitative estimate of drug-likeness (QED) is 0.873. The average Bonchev–Trinajstić information content (AvgIpc) is 2.30. The molecule has 1 aliphatic carbocycles. The van der Waals surface area contributed by atoms with Crippen LogP contribution >= 0.6 is 0 Å². The third kappa shape index (κ3) is 2.04. The number of hydrogen-bond acceptors (Lipinski definition) is 2. The molecule has 1 saturated carbocycles. The monoisotopic (exact) mass is 237 g/mol. The predicted molar refractivity (Wildman–Crippen MR) is 66.4 cm³/mol. The summed E-state index contributed by atoms with van der Waals surface area (Å²) in [5.41, 5.74) is 6.16. The van der Waals surface area contributed by atoms with E-state index in [9.17, 15) is 4.39 Å². The lowest BCUT2D eigenvalue weighted by Crippen LogP contribution is -2.62. The highest BCUT2D eigenvalue weighted by Crippen LogP contribution is 2.47. The minimum Gasteiger partial charge on any atom is -0.490 e. The van der Waals surface area contributed by atoms with Gasteiger partial charge in [-0.15, -0.1) is 0 Å². The van der Waals surface area contributed by atoms with Crippen molar-refractivity contribution in [3.8, 4) is 5.75 Å². The first kappa shape index (κ1) is 12.4. The van der Waals surface area contributed by atoms with Gasteiger partial charge in [0.15, 0.2) is 0 Å². The molecule has 0 bridgehead atoms. The van der Waals surface area contributed by atoms with Crippen LogP contribution in [-0.4, -0.2) is 12.1 Å². The second-order valence-corrected chi connectivity index (χ2v) is 4.85. The Labute approximate surface area is 102 Å². The third-order valence-electron chi connectivity index (χ3n) is 4.24. The van der Waals surface area contributed by atoms with Gasteiger partial charge < -0.3 is 10.5 Å². The third-order valence-corrected chi connectivity index (χ3v) is 4.24. The summed E-state index contributed by atoms with van der Waals surface area (Å²) >= 11 is 0. The molecular formula is C14H20FNO. The fourth-order valence-electron chi connectivity index (χ4n) is 2.88. The molecule has 0 spiro atoms. The molecule has 0 heterocycles. The highest BCUT2D eigenvalue weighted by Gasteiger charge is 2.52. The van der Waals surface area contributed by atoms with Crippen molar-refractivity contribution in [1.82, 2.24) is 0 Å². The standard InChI is InChI=1S/C14H20FNO/c1-3-14(4-2)12(16)9-13(14)17-11-7-5-6-10(15)8-11/h5-8,12-13H,3-4,9,16H2,1-2H3. The van der Waals surface area contributed by atoms with Gasteiger partial charge >= 0.3 is 0 Å². The number of rotatable bonds is 4. The molecule has 0 aromatic heterocycles. The Morgan fingerprint density at radius 1 is 1.41 bits per heavy atom. The summed E-state index contributed by atoms with van der Waals surface area (Å²) in [5.74, 6) is 0.345. The highest BCUT2D eigenvalue weighted by molar-refractivity contribution is 5.24. The molecule has 17 heavy (non-hydrogen) atoms. The van der Waals surface area contributed by atoms with Gasteiger partial charge in [0.2, 0.25) is 0 Å². The van der Waals surface area contributed by atoms with E-state index < -0.39 is 0 Å². The highest BCUT2D eigenvalue weighted by atomic mass is 19.1. The lowest BCUT2D eigenvalue weighted by Gasteiger charge is -2.53. The molecule has 0 saturated heterocycles. The van der Waals surface area contributed by atoms with Crippen LogP contribution in [0.25, 0.3) is 0 Å². The van der Waals surface area contributed by atoms with Crippen LogP contribution in [-0.2, 0) is 0 Å². The van der Waals surface area contributed by atoms with E-state index in [1.165, 1.54) is 12.1 Å². The SMILES string of the molecule is CCC1(CC)C(N)CC1Oc1cccc(F)c1. The zero-order chi connectivity index (χ0) is 12.5. The first-order valence-electron chi connectivity index (χ1n) is 6.30. The lowest BCUT2D eigenvalue weighted by molar-refractivity contribution is -0.0723. The Kier molecular flexibility index (Phi) is 3.38. The topological polar surface area (TPSA) is 35.2 Å². The van der Waals surface area contributed by atoms with Gasteiger partial charge in [0, 0.05) is 23.9 Å². The molecular weight excluding hydrogens is 217 g/mol. The molecule has 1 aromatic rings. The fourth-order valence-corrected chi connectivity index (χ4v) is 2.88. The maximum Gasteiger partial charge on any atom is 0.126 e. The van der Waals surface area contributed by atoms with Gasteiger partial charge in [0.1, 0.15) is 17.7 Å². The number of hydrogen-bond donors (Lipinski definition) is 1. The molecule has 94 valence electrons. The minimum absolute atomic E-state index is 0.0618. The minimum atomic E-state index is -0.260. The zero-order valence-electron chi connectivity index (χ0n) is 10.4. The van der Waals surface area contributed by atoms with Crippen LogP contribution in [0.5, 0.6) is 5.75 Å². The summed E-state index contributed by atoms with van der Waals surface area (Å²) in [6.45, 7) is 4.29. The van der Waals surface area contributed by atoms with Crippen LogP contribution in [0.4, 0.5) is 4.39 Å². The van der Waals surface area contributed by atoms with Crippen LogP contribution in [0.3, 0.4) is 0 Å². The normalized spacial score (nSPS) is 26.4. The summed E-state index contributed by atoms with van der Waals surface area (Å²) < 4.78 is 18.9. The van der Waals surface area contributed by atoms with Gasteiger partial charge in [-0.1, -0.05) is 19.9 Å². The summed E-state index contributed by atoms with van der Waals surface area (Å²) in [6.07, 6.45) is 2.99. The molecule has 0 amide bonds. The van der Waals surface area contributed by atoms with Crippen molar-refractivity contribution in [3.05, 3.63) is 30.1 Å². The summed E-state index contributed by atoms with van der Waals surface area (Å²) in [4.78, 5) is 0. The van der Waals surface area contributed by atoms with E-state index in [1.54, 1.807) is 12.1 Å².